The molecule has 5 nitrogen and oxygen atoms in total. The van der Waals surface area contributed by atoms with Gasteiger partial charge >= 0.3 is 0 Å². The van der Waals surface area contributed by atoms with Crippen molar-refractivity contribution in [1.29, 1.82) is 0 Å². The third-order valence-electron chi connectivity index (χ3n) is 2.80. The largest absolute Gasteiger partial charge is 0.326 e. The van der Waals surface area contributed by atoms with Crippen molar-refractivity contribution in [1.82, 2.24) is 5.43 Å². The first-order chi connectivity index (χ1) is 11.4. The highest BCUT2D eigenvalue weighted by Gasteiger charge is 2.09. The second-order valence-electron chi connectivity index (χ2n) is 4.70. The van der Waals surface area contributed by atoms with E-state index in [1.807, 2.05) is 0 Å². The molecule has 0 heterocycles. The zero-order chi connectivity index (χ0) is 17.5. The zero-order valence-corrected chi connectivity index (χ0v) is 13.7. The Hall–Kier alpha value is -2.44. The van der Waals surface area contributed by atoms with Crippen LogP contribution in [0.1, 0.15) is 12.0 Å². The second-order valence-corrected chi connectivity index (χ2v) is 5.51. The number of hydrogen-bond donors (Lipinski definition) is 2. The molecular formula is C16H12Cl2FN3O2. The molecule has 0 aliphatic rings. The number of carbonyl (C=O) groups excluding carboxylic acids is 2. The number of anilines is 1. The highest BCUT2D eigenvalue weighted by atomic mass is 35.5. The minimum atomic E-state index is -0.592. The first kappa shape index (κ1) is 17.9. The first-order valence-corrected chi connectivity index (χ1v) is 7.52. The Morgan fingerprint density at radius 3 is 2.42 bits per heavy atom. The van der Waals surface area contributed by atoms with Gasteiger partial charge in [-0.3, -0.25) is 9.59 Å². The van der Waals surface area contributed by atoms with E-state index in [4.69, 9.17) is 23.2 Å². The Balaban J connectivity index is 1.81. The van der Waals surface area contributed by atoms with Crippen molar-refractivity contribution in [2.24, 2.45) is 5.10 Å². The smallest absolute Gasteiger partial charge is 0.249 e. The molecule has 2 N–H and O–H groups in total. The average molecular weight is 368 g/mol. The van der Waals surface area contributed by atoms with E-state index in [9.17, 15) is 14.0 Å². The van der Waals surface area contributed by atoms with E-state index in [0.29, 0.717) is 21.3 Å². The summed E-state index contributed by atoms with van der Waals surface area (Å²) in [4.78, 5) is 23.4. The van der Waals surface area contributed by atoms with E-state index in [1.165, 1.54) is 42.6 Å². The molecule has 2 aromatic carbocycles. The van der Waals surface area contributed by atoms with Gasteiger partial charge in [-0.15, -0.1) is 0 Å². The van der Waals surface area contributed by atoms with Gasteiger partial charge in [-0.05, 0) is 35.9 Å². The number of hydrogen-bond acceptors (Lipinski definition) is 3. The molecule has 0 aliphatic heterocycles. The van der Waals surface area contributed by atoms with Gasteiger partial charge in [-0.1, -0.05) is 35.3 Å². The molecular weight excluding hydrogens is 356 g/mol. The molecule has 0 saturated carbocycles. The van der Waals surface area contributed by atoms with Gasteiger partial charge in [0.1, 0.15) is 12.2 Å². The van der Waals surface area contributed by atoms with Gasteiger partial charge in [0, 0.05) is 5.69 Å². The molecule has 2 amide bonds. The van der Waals surface area contributed by atoms with Crippen molar-refractivity contribution in [3.05, 3.63) is 63.9 Å². The summed E-state index contributed by atoms with van der Waals surface area (Å²) >= 11 is 11.6. The van der Waals surface area contributed by atoms with Crippen LogP contribution in [0.5, 0.6) is 0 Å². The summed E-state index contributed by atoms with van der Waals surface area (Å²) in [5.41, 5.74) is 3.25. The second kappa shape index (κ2) is 8.42. The van der Waals surface area contributed by atoms with E-state index in [1.54, 1.807) is 6.07 Å². The lowest BCUT2D eigenvalue weighted by Gasteiger charge is -2.05. The Kier molecular flexibility index (Phi) is 6.28. The van der Waals surface area contributed by atoms with Crippen LogP contribution >= 0.6 is 23.2 Å². The number of hydrazone groups is 1. The van der Waals surface area contributed by atoms with Crippen molar-refractivity contribution in [2.75, 3.05) is 5.32 Å². The normalized spacial score (nSPS) is 10.6. The van der Waals surface area contributed by atoms with Crippen molar-refractivity contribution < 1.29 is 14.0 Å². The number of amides is 2. The monoisotopic (exact) mass is 367 g/mol. The van der Waals surface area contributed by atoms with Crippen LogP contribution in [0.25, 0.3) is 0 Å². The van der Waals surface area contributed by atoms with E-state index >= 15 is 0 Å². The Morgan fingerprint density at radius 2 is 1.75 bits per heavy atom. The molecule has 0 bridgehead atoms. The summed E-state index contributed by atoms with van der Waals surface area (Å²) < 4.78 is 12.7. The minimum absolute atomic E-state index is 0.294. The van der Waals surface area contributed by atoms with Crippen LogP contribution in [-0.4, -0.2) is 18.0 Å². The number of halogens is 3. The van der Waals surface area contributed by atoms with Crippen LogP contribution in [0.3, 0.4) is 0 Å². The van der Waals surface area contributed by atoms with Crippen LogP contribution in [0.2, 0.25) is 10.0 Å². The SMILES string of the molecule is O=C(CC(=O)Nc1ccc(Cl)c(Cl)c1)NN=Cc1ccc(F)cc1. The summed E-state index contributed by atoms with van der Waals surface area (Å²) in [5, 5.41) is 6.87. The Bertz CT molecular complexity index is 779. The Labute approximate surface area is 147 Å². The number of benzene rings is 2. The average Bonchev–Trinajstić information content (AvgIpc) is 2.53. The summed E-state index contributed by atoms with van der Waals surface area (Å²) in [5.74, 6) is -1.48. The van der Waals surface area contributed by atoms with Gasteiger partial charge in [-0.2, -0.15) is 5.10 Å². The van der Waals surface area contributed by atoms with Crippen molar-refractivity contribution in [2.45, 2.75) is 6.42 Å². The van der Waals surface area contributed by atoms with E-state index in [0.717, 1.165) is 0 Å². The maximum atomic E-state index is 12.7. The lowest BCUT2D eigenvalue weighted by molar-refractivity contribution is -0.126. The Morgan fingerprint density at radius 1 is 1.04 bits per heavy atom. The maximum Gasteiger partial charge on any atom is 0.249 e. The number of carbonyl (C=O) groups is 2. The van der Waals surface area contributed by atoms with Crippen LogP contribution < -0.4 is 10.7 Å². The maximum absolute atomic E-state index is 12.7. The molecule has 24 heavy (non-hydrogen) atoms. The molecule has 2 rings (SSSR count). The zero-order valence-electron chi connectivity index (χ0n) is 12.2. The lowest BCUT2D eigenvalue weighted by atomic mass is 10.2. The van der Waals surface area contributed by atoms with Gasteiger partial charge in [0.15, 0.2) is 0 Å². The molecule has 0 aromatic heterocycles. The quantitative estimate of drug-likeness (QED) is 0.481. The lowest BCUT2D eigenvalue weighted by Crippen LogP contribution is -2.24. The van der Waals surface area contributed by atoms with Gasteiger partial charge in [0.05, 0.1) is 16.3 Å². The van der Waals surface area contributed by atoms with Crippen molar-refractivity contribution in [3.8, 4) is 0 Å². The fraction of sp³-hybridized carbons (Fsp3) is 0.0625. The molecule has 0 fully saturated rings. The highest BCUT2D eigenvalue weighted by molar-refractivity contribution is 6.42. The third-order valence-corrected chi connectivity index (χ3v) is 3.54. The van der Waals surface area contributed by atoms with Gasteiger partial charge in [0.2, 0.25) is 11.8 Å². The van der Waals surface area contributed by atoms with E-state index in [2.05, 4.69) is 15.8 Å². The molecule has 2 aromatic rings. The number of nitrogens with zero attached hydrogens (tertiary/aromatic N) is 1. The fourth-order valence-corrected chi connectivity index (χ4v) is 1.99. The molecule has 0 atom stereocenters. The minimum Gasteiger partial charge on any atom is -0.326 e. The molecule has 0 spiro atoms. The van der Waals surface area contributed by atoms with Crippen LogP contribution in [0.4, 0.5) is 10.1 Å². The number of rotatable bonds is 5. The van der Waals surface area contributed by atoms with Crippen LogP contribution in [0.15, 0.2) is 47.6 Å². The molecule has 0 unspecified atom stereocenters. The summed E-state index contributed by atoms with van der Waals surface area (Å²) in [6, 6.07) is 10.1. The summed E-state index contributed by atoms with van der Waals surface area (Å²) in [7, 11) is 0. The standard InChI is InChI=1S/C16H12Cl2FN3O2/c17-13-6-5-12(7-14(13)18)21-15(23)8-16(24)22-20-9-10-1-3-11(19)4-2-10/h1-7,9H,8H2,(H,21,23)(H,22,24). The van der Waals surface area contributed by atoms with Crippen LogP contribution in [0, 0.1) is 5.82 Å². The van der Waals surface area contributed by atoms with Crippen molar-refractivity contribution >= 4 is 46.9 Å². The topological polar surface area (TPSA) is 70.6 Å². The molecule has 124 valence electrons. The highest BCUT2D eigenvalue weighted by Crippen LogP contribution is 2.24. The fourth-order valence-electron chi connectivity index (χ4n) is 1.69. The first-order valence-electron chi connectivity index (χ1n) is 6.76. The van der Waals surface area contributed by atoms with Gasteiger partial charge < -0.3 is 5.32 Å². The van der Waals surface area contributed by atoms with Crippen LogP contribution in [-0.2, 0) is 9.59 Å². The van der Waals surface area contributed by atoms with Crippen molar-refractivity contribution in [3.63, 3.8) is 0 Å². The third kappa shape index (κ3) is 5.64. The van der Waals surface area contributed by atoms with Gasteiger partial charge in [-0.25, -0.2) is 9.82 Å². The number of nitrogens with one attached hydrogen (secondary N) is 2. The molecule has 8 heteroatoms. The molecule has 0 radical (unpaired) electrons. The summed E-state index contributed by atoms with van der Waals surface area (Å²) in [6.07, 6.45) is 0.926. The summed E-state index contributed by atoms with van der Waals surface area (Å²) in [6.45, 7) is 0. The molecule has 0 saturated heterocycles. The predicted molar refractivity (Wildman–Crippen MR) is 91.8 cm³/mol. The van der Waals surface area contributed by atoms with E-state index in [-0.39, 0.29) is 5.82 Å². The van der Waals surface area contributed by atoms with E-state index < -0.39 is 18.2 Å². The predicted octanol–water partition coefficient (Wildman–Crippen LogP) is 3.61. The van der Waals surface area contributed by atoms with Gasteiger partial charge in [0.25, 0.3) is 0 Å². The molecule has 0 aliphatic carbocycles.